The lowest BCUT2D eigenvalue weighted by Crippen LogP contribution is -2.13. The number of imidazole rings is 1. The number of thiophene rings is 1. The summed E-state index contributed by atoms with van der Waals surface area (Å²) in [5, 5.41) is 0. The first-order valence-electron chi connectivity index (χ1n) is 6.33. The zero-order chi connectivity index (χ0) is 12.5. The molecular weight excluding hydrogens is 310 g/mol. The van der Waals surface area contributed by atoms with Crippen LogP contribution in [0.2, 0.25) is 0 Å². The van der Waals surface area contributed by atoms with E-state index in [0.717, 1.165) is 29.0 Å². The van der Waals surface area contributed by atoms with Crippen LogP contribution in [0.25, 0.3) is 10.7 Å². The molecule has 2 N–H and O–H groups in total. The number of hydrogen-bond acceptors (Lipinski definition) is 3. The molecule has 0 saturated carbocycles. The maximum absolute atomic E-state index is 5.69. The minimum Gasteiger partial charge on any atom is -0.330 e. The highest BCUT2D eigenvalue weighted by Crippen LogP contribution is 2.34. The van der Waals surface area contributed by atoms with Gasteiger partial charge in [-0.05, 0) is 53.9 Å². The molecule has 0 amide bonds. The van der Waals surface area contributed by atoms with E-state index < -0.39 is 0 Å². The van der Waals surface area contributed by atoms with Crippen LogP contribution in [-0.2, 0) is 19.4 Å². The molecule has 2 aromatic heterocycles. The molecule has 0 atom stereocenters. The monoisotopic (exact) mass is 325 g/mol. The van der Waals surface area contributed by atoms with Gasteiger partial charge in [-0.1, -0.05) is 0 Å². The zero-order valence-electron chi connectivity index (χ0n) is 10.2. The summed E-state index contributed by atoms with van der Waals surface area (Å²) >= 11 is 5.27. The normalized spacial score (nSPS) is 14.8. The van der Waals surface area contributed by atoms with Crippen LogP contribution in [0.5, 0.6) is 0 Å². The van der Waals surface area contributed by atoms with E-state index in [9.17, 15) is 0 Å². The fourth-order valence-electron chi connectivity index (χ4n) is 2.58. The average Bonchev–Trinajstić information content (AvgIpc) is 2.95. The van der Waals surface area contributed by atoms with Gasteiger partial charge in [-0.15, -0.1) is 11.3 Å². The molecule has 0 aliphatic carbocycles. The molecule has 1 aliphatic heterocycles. The fraction of sp³-hybridized carbons (Fsp3) is 0.462. The predicted molar refractivity (Wildman–Crippen MR) is 78.9 cm³/mol. The van der Waals surface area contributed by atoms with Gasteiger partial charge in [-0.3, -0.25) is 0 Å². The number of nitrogens with two attached hydrogens (primary N) is 1. The van der Waals surface area contributed by atoms with Crippen LogP contribution in [0.1, 0.15) is 24.2 Å². The highest BCUT2D eigenvalue weighted by atomic mass is 79.9. The highest BCUT2D eigenvalue weighted by molar-refractivity contribution is 9.11. The molecule has 2 aromatic rings. The van der Waals surface area contributed by atoms with Gasteiger partial charge in [-0.2, -0.15) is 0 Å². The van der Waals surface area contributed by atoms with Gasteiger partial charge in [0.15, 0.2) is 5.82 Å². The first-order chi connectivity index (χ1) is 8.79. The van der Waals surface area contributed by atoms with Gasteiger partial charge in [-0.25, -0.2) is 4.98 Å². The van der Waals surface area contributed by atoms with E-state index in [0.29, 0.717) is 6.54 Å². The molecule has 0 unspecified atom stereocenters. The van der Waals surface area contributed by atoms with Crippen molar-refractivity contribution in [2.24, 2.45) is 5.73 Å². The molecular formula is C13H16BrN3S. The SMILES string of the molecule is NCCc1nc(-c2ccc(Br)s2)n2c1CCCC2. The summed E-state index contributed by atoms with van der Waals surface area (Å²) in [5.41, 5.74) is 8.31. The van der Waals surface area contributed by atoms with Crippen LogP contribution in [0.4, 0.5) is 0 Å². The minimum atomic E-state index is 0.678. The lowest BCUT2D eigenvalue weighted by molar-refractivity contribution is 0.533. The van der Waals surface area contributed by atoms with E-state index in [-0.39, 0.29) is 0 Å². The Balaban J connectivity index is 2.08. The van der Waals surface area contributed by atoms with E-state index in [2.05, 4.69) is 32.6 Å². The Morgan fingerprint density at radius 1 is 1.39 bits per heavy atom. The second-order valence-electron chi connectivity index (χ2n) is 4.58. The summed E-state index contributed by atoms with van der Waals surface area (Å²) in [6.07, 6.45) is 4.57. The lowest BCUT2D eigenvalue weighted by Gasteiger charge is -2.16. The van der Waals surface area contributed by atoms with Gasteiger partial charge in [0.2, 0.25) is 0 Å². The van der Waals surface area contributed by atoms with Gasteiger partial charge < -0.3 is 10.3 Å². The number of rotatable bonds is 3. The summed E-state index contributed by atoms with van der Waals surface area (Å²) in [7, 11) is 0. The Morgan fingerprint density at radius 3 is 3.00 bits per heavy atom. The number of fused-ring (bicyclic) bond motifs is 1. The maximum atomic E-state index is 5.69. The van der Waals surface area contributed by atoms with Gasteiger partial charge in [0.25, 0.3) is 0 Å². The second kappa shape index (κ2) is 5.15. The predicted octanol–water partition coefficient (Wildman–Crippen LogP) is 3.21. The molecule has 18 heavy (non-hydrogen) atoms. The van der Waals surface area contributed by atoms with E-state index >= 15 is 0 Å². The standard InChI is InChI=1S/C13H16BrN3S/c14-12-5-4-11(18-12)13-16-9(6-7-15)10-3-1-2-8-17(10)13/h4-5H,1-3,6-8,15H2. The van der Waals surface area contributed by atoms with Gasteiger partial charge >= 0.3 is 0 Å². The van der Waals surface area contributed by atoms with Crippen LogP contribution in [0.3, 0.4) is 0 Å². The Hall–Kier alpha value is -0.650. The molecule has 96 valence electrons. The van der Waals surface area contributed by atoms with Crippen LogP contribution in [-0.4, -0.2) is 16.1 Å². The van der Waals surface area contributed by atoms with Crippen LogP contribution in [0.15, 0.2) is 15.9 Å². The molecule has 0 bridgehead atoms. The lowest BCUT2D eigenvalue weighted by atomic mass is 10.1. The first-order valence-corrected chi connectivity index (χ1v) is 7.94. The topological polar surface area (TPSA) is 43.8 Å². The molecule has 5 heteroatoms. The minimum absolute atomic E-state index is 0.678. The van der Waals surface area contributed by atoms with Gasteiger partial charge in [0.05, 0.1) is 14.4 Å². The smallest absolute Gasteiger partial charge is 0.150 e. The zero-order valence-corrected chi connectivity index (χ0v) is 12.6. The van der Waals surface area contributed by atoms with Crippen molar-refractivity contribution in [2.75, 3.05) is 6.54 Å². The molecule has 1 aliphatic rings. The molecule has 0 saturated heterocycles. The average molecular weight is 326 g/mol. The highest BCUT2D eigenvalue weighted by Gasteiger charge is 2.21. The van der Waals surface area contributed by atoms with Crippen molar-refractivity contribution in [3.8, 4) is 10.7 Å². The van der Waals surface area contributed by atoms with Gasteiger partial charge in [0.1, 0.15) is 0 Å². The van der Waals surface area contributed by atoms with E-state index in [1.807, 2.05) is 0 Å². The number of aromatic nitrogens is 2. The van der Waals surface area contributed by atoms with Crippen molar-refractivity contribution in [2.45, 2.75) is 32.2 Å². The third-order valence-corrected chi connectivity index (χ3v) is 5.00. The molecule has 0 spiro atoms. The van der Waals surface area contributed by atoms with Crippen molar-refractivity contribution >= 4 is 27.3 Å². The van der Waals surface area contributed by atoms with E-state index in [1.54, 1.807) is 11.3 Å². The molecule has 3 rings (SSSR count). The summed E-state index contributed by atoms with van der Waals surface area (Å²) in [6, 6.07) is 4.23. The Bertz CT molecular complexity index is 559. The molecule has 0 aromatic carbocycles. The Labute approximate surface area is 119 Å². The van der Waals surface area contributed by atoms with Crippen molar-refractivity contribution in [3.63, 3.8) is 0 Å². The second-order valence-corrected chi connectivity index (χ2v) is 7.04. The maximum Gasteiger partial charge on any atom is 0.150 e. The van der Waals surface area contributed by atoms with Crippen molar-refractivity contribution in [1.29, 1.82) is 0 Å². The summed E-state index contributed by atoms with van der Waals surface area (Å²) in [5.74, 6) is 1.13. The number of hydrogen-bond donors (Lipinski definition) is 1. The molecule has 3 heterocycles. The van der Waals surface area contributed by atoms with Crippen LogP contribution in [0, 0.1) is 0 Å². The number of halogens is 1. The summed E-state index contributed by atoms with van der Waals surface area (Å²) in [4.78, 5) is 6.08. The van der Waals surface area contributed by atoms with Crippen LogP contribution < -0.4 is 5.73 Å². The summed E-state index contributed by atoms with van der Waals surface area (Å²) < 4.78 is 3.55. The largest absolute Gasteiger partial charge is 0.330 e. The summed E-state index contributed by atoms with van der Waals surface area (Å²) in [6.45, 7) is 1.77. The quantitative estimate of drug-likeness (QED) is 0.941. The molecule has 3 nitrogen and oxygen atoms in total. The van der Waals surface area contributed by atoms with Gasteiger partial charge in [0, 0.05) is 18.7 Å². The van der Waals surface area contributed by atoms with E-state index in [1.165, 1.54) is 29.1 Å². The number of nitrogens with zero attached hydrogens (tertiary/aromatic N) is 2. The van der Waals surface area contributed by atoms with Crippen molar-refractivity contribution < 1.29 is 0 Å². The third kappa shape index (κ3) is 2.15. The van der Waals surface area contributed by atoms with E-state index in [4.69, 9.17) is 10.7 Å². The van der Waals surface area contributed by atoms with Crippen molar-refractivity contribution in [1.82, 2.24) is 9.55 Å². The Kier molecular flexibility index (Phi) is 3.54. The fourth-order valence-corrected chi connectivity index (χ4v) is 3.96. The third-order valence-electron chi connectivity index (χ3n) is 3.38. The first kappa shape index (κ1) is 12.4. The molecule has 0 fully saturated rings. The Morgan fingerprint density at radius 2 is 2.28 bits per heavy atom. The van der Waals surface area contributed by atoms with Crippen LogP contribution >= 0.6 is 27.3 Å². The molecule has 0 radical (unpaired) electrons. The van der Waals surface area contributed by atoms with Crippen molar-refractivity contribution in [3.05, 3.63) is 27.3 Å².